The zero-order valence-electron chi connectivity index (χ0n) is 17.1. The van der Waals surface area contributed by atoms with Crippen molar-refractivity contribution in [2.45, 2.75) is 12.8 Å². The summed E-state index contributed by atoms with van der Waals surface area (Å²) in [6.07, 6.45) is 0. The van der Waals surface area contributed by atoms with Gasteiger partial charge in [-0.25, -0.2) is 8.42 Å². The van der Waals surface area contributed by atoms with Crippen molar-refractivity contribution in [2.24, 2.45) is 0 Å². The maximum absolute atomic E-state index is 13.2. The molecule has 1 amide bonds. The summed E-state index contributed by atoms with van der Waals surface area (Å²) >= 11 is 5.95. The van der Waals surface area contributed by atoms with Crippen molar-refractivity contribution >= 4 is 27.5 Å². The molecule has 1 aliphatic heterocycles. The summed E-state index contributed by atoms with van der Waals surface area (Å²) in [6.45, 7) is 4.85. The Labute approximate surface area is 183 Å². The smallest absolute Gasteiger partial charge is 0.253 e. The number of sulfonamides is 1. The largest absolute Gasteiger partial charge is 0.337 e. The van der Waals surface area contributed by atoms with Crippen LogP contribution in [0.1, 0.15) is 28.8 Å². The van der Waals surface area contributed by atoms with Crippen LogP contribution in [-0.2, 0) is 10.0 Å². The summed E-state index contributed by atoms with van der Waals surface area (Å²) in [5.41, 5.74) is 1.61. The second-order valence-electron chi connectivity index (χ2n) is 7.53. The summed E-state index contributed by atoms with van der Waals surface area (Å²) in [5, 5.41) is 3.71. The van der Waals surface area contributed by atoms with Crippen LogP contribution in [0.5, 0.6) is 0 Å². The number of amides is 1. The van der Waals surface area contributed by atoms with Gasteiger partial charge in [0.25, 0.3) is 5.91 Å². The molecule has 1 N–H and O–H groups in total. The lowest BCUT2D eigenvalue weighted by molar-refractivity contribution is 0.0757. The predicted octanol–water partition coefficient (Wildman–Crippen LogP) is 2.82. The van der Waals surface area contributed by atoms with Crippen molar-refractivity contribution < 1.29 is 13.2 Å². The van der Waals surface area contributed by atoms with Crippen LogP contribution in [-0.4, -0.2) is 68.6 Å². The molecule has 0 unspecified atom stereocenters. The summed E-state index contributed by atoms with van der Waals surface area (Å²) < 4.78 is 27.1. The number of carbonyl (C=O) groups is 1. The van der Waals surface area contributed by atoms with Crippen LogP contribution >= 0.6 is 11.6 Å². The molecule has 2 aromatic rings. The van der Waals surface area contributed by atoms with Crippen LogP contribution in [0, 0.1) is 0 Å². The zero-order chi connectivity index (χ0) is 21.6. The molecule has 162 valence electrons. The Kier molecular flexibility index (Phi) is 7.88. The Bertz CT molecular complexity index is 930. The standard InChI is InChI=1S/C22H28ClN3O3S/c1-18(19-5-3-2-4-6-19)17-25(22(27)20-7-9-21(23)10-8-20)15-16-30(28,29)26-13-11-24-12-14-26/h2-10,18,24H,11-17H2,1H3/t18-/m1/s1. The van der Waals surface area contributed by atoms with E-state index in [1.807, 2.05) is 37.3 Å². The fraction of sp³-hybridized carbons (Fsp3) is 0.409. The van der Waals surface area contributed by atoms with Gasteiger partial charge in [0.2, 0.25) is 10.0 Å². The molecule has 0 saturated carbocycles. The van der Waals surface area contributed by atoms with Crippen molar-refractivity contribution in [1.82, 2.24) is 14.5 Å². The summed E-state index contributed by atoms with van der Waals surface area (Å²) in [7, 11) is -3.42. The molecule has 0 aromatic heterocycles. The van der Waals surface area contributed by atoms with Crippen molar-refractivity contribution in [1.29, 1.82) is 0 Å². The highest BCUT2D eigenvalue weighted by molar-refractivity contribution is 7.89. The van der Waals surface area contributed by atoms with Crippen molar-refractivity contribution in [3.05, 3.63) is 70.7 Å². The molecule has 0 bridgehead atoms. The Morgan fingerprint density at radius 2 is 1.73 bits per heavy atom. The third kappa shape index (κ3) is 6.04. The van der Waals surface area contributed by atoms with Gasteiger partial charge in [-0.05, 0) is 35.7 Å². The first kappa shape index (κ1) is 22.7. The molecule has 30 heavy (non-hydrogen) atoms. The van der Waals surface area contributed by atoms with Gasteiger partial charge in [-0.15, -0.1) is 0 Å². The minimum Gasteiger partial charge on any atom is -0.337 e. The van der Waals surface area contributed by atoms with Gasteiger partial charge < -0.3 is 10.2 Å². The van der Waals surface area contributed by atoms with Crippen molar-refractivity contribution in [3.8, 4) is 0 Å². The second-order valence-corrected chi connectivity index (χ2v) is 10.1. The van der Waals surface area contributed by atoms with Crippen molar-refractivity contribution in [3.63, 3.8) is 0 Å². The molecule has 6 nitrogen and oxygen atoms in total. The number of hydrogen-bond acceptors (Lipinski definition) is 4. The summed E-state index contributed by atoms with van der Waals surface area (Å²) in [4.78, 5) is 14.8. The van der Waals surface area contributed by atoms with Crippen LogP contribution < -0.4 is 5.32 Å². The third-order valence-corrected chi connectivity index (χ3v) is 7.43. The highest BCUT2D eigenvalue weighted by Gasteiger charge is 2.26. The number of nitrogens with one attached hydrogen (secondary N) is 1. The summed E-state index contributed by atoms with van der Waals surface area (Å²) in [5.74, 6) is -0.206. The fourth-order valence-corrected chi connectivity index (χ4v) is 5.12. The highest BCUT2D eigenvalue weighted by atomic mass is 35.5. The van der Waals surface area contributed by atoms with Gasteiger partial charge in [0.05, 0.1) is 5.75 Å². The third-order valence-electron chi connectivity index (χ3n) is 5.33. The Balaban J connectivity index is 1.76. The molecule has 0 spiro atoms. The Hall–Kier alpha value is -1.93. The number of carbonyl (C=O) groups excluding carboxylic acids is 1. The van der Waals surface area contributed by atoms with E-state index in [-0.39, 0.29) is 24.1 Å². The number of benzene rings is 2. The van der Waals surface area contributed by atoms with E-state index in [1.54, 1.807) is 29.2 Å². The molecule has 3 rings (SSSR count). The lowest BCUT2D eigenvalue weighted by Gasteiger charge is -2.30. The van der Waals surface area contributed by atoms with Gasteiger partial charge in [0, 0.05) is 49.9 Å². The van der Waals surface area contributed by atoms with Crippen LogP contribution in [0.15, 0.2) is 54.6 Å². The van der Waals surface area contributed by atoms with E-state index in [2.05, 4.69) is 5.32 Å². The molecule has 1 aliphatic rings. The first-order valence-corrected chi connectivity index (χ1v) is 12.1. The van der Waals surface area contributed by atoms with E-state index < -0.39 is 10.0 Å². The maximum atomic E-state index is 13.2. The molecule has 0 radical (unpaired) electrons. The number of halogens is 1. The first-order valence-electron chi connectivity index (χ1n) is 10.1. The number of nitrogens with zero attached hydrogens (tertiary/aromatic N) is 2. The van der Waals surface area contributed by atoms with E-state index in [9.17, 15) is 13.2 Å². The van der Waals surface area contributed by atoms with Crippen molar-refractivity contribution in [2.75, 3.05) is 45.0 Å². The molecule has 8 heteroatoms. The molecular formula is C22H28ClN3O3S. The number of hydrogen-bond donors (Lipinski definition) is 1. The van der Waals surface area contributed by atoms with E-state index in [1.165, 1.54) is 4.31 Å². The molecule has 2 aromatic carbocycles. The number of rotatable bonds is 8. The second kappa shape index (κ2) is 10.4. The first-order chi connectivity index (χ1) is 14.4. The SMILES string of the molecule is C[C@H](CN(CCS(=O)(=O)N1CCNCC1)C(=O)c1ccc(Cl)cc1)c1ccccc1. The van der Waals surface area contributed by atoms with Gasteiger partial charge in [-0.2, -0.15) is 4.31 Å². The average Bonchev–Trinajstić information content (AvgIpc) is 2.77. The van der Waals surface area contributed by atoms with Crippen LogP contribution in [0.25, 0.3) is 0 Å². The monoisotopic (exact) mass is 449 g/mol. The highest BCUT2D eigenvalue weighted by Crippen LogP contribution is 2.19. The maximum Gasteiger partial charge on any atom is 0.253 e. The minimum absolute atomic E-state index is 0.0735. The van der Waals surface area contributed by atoms with Crippen LogP contribution in [0.4, 0.5) is 0 Å². The van der Waals surface area contributed by atoms with Gasteiger partial charge >= 0.3 is 0 Å². The van der Waals surface area contributed by atoms with E-state index in [0.29, 0.717) is 43.3 Å². The number of piperazine rings is 1. The van der Waals surface area contributed by atoms with E-state index in [4.69, 9.17) is 11.6 Å². The Morgan fingerprint density at radius 3 is 2.37 bits per heavy atom. The van der Waals surface area contributed by atoms with Crippen LogP contribution in [0.2, 0.25) is 5.02 Å². The normalized spacial score (nSPS) is 16.2. The van der Waals surface area contributed by atoms with Gasteiger partial charge in [-0.1, -0.05) is 48.9 Å². The van der Waals surface area contributed by atoms with Gasteiger partial charge in [0.15, 0.2) is 0 Å². The summed E-state index contributed by atoms with van der Waals surface area (Å²) in [6, 6.07) is 16.6. The quantitative estimate of drug-likeness (QED) is 0.672. The lowest BCUT2D eigenvalue weighted by atomic mass is 10.0. The Morgan fingerprint density at radius 1 is 1.10 bits per heavy atom. The molecule has 1 heterocycles. The molecular weight excluding hydrogens is 422 g/mol. The molecule has 0 aliphatic carbocycles. The van der Waals surface area contributed by atoms with E-state index >= 15 is 0 Å². The zero-order valence-corrected chi connectivity index (χ0v) is 18.7. The van der Waals surface area contributed by atoms with Gasteiger partial charge in [0.1, 0.15) is 0 Å². The fourth-order valence-electron chi connectivity index (χ4n) is 3.55. The lowest BCUT2D eigenvalue weighted by Crippen LogP contribution is -2.48. The molecule has 1 fully saturated rings. The molecule has 1 atom stereocenters. The predicted molar refractivity (Wildman–Crippen MR) is 120 cm³/mol. The topological polar surface area (TPSA) is 69.7 Å². The van der Waals surface area contributed by atoms with Crippen LogP contribution in [0.3, 0.4) is 0 Å². The van der Waals surface area contributed by atoms with Gasteiger partial charge in [-0.3, -0.25) is 4.79 Å². The molecule has 1 saturated heterocycles. The average molecular weight is 450 g/mol. The van der Waals surface area contributed by atoms with E-state index in [0.717, 1.165) is 5.56 Å². The minimum atomic E-state index is -3.42.